The molecule has 6 rings (SSSR count). The van der Waals surface area contributed by atoms with Crippen LogP contribution in [0.2, 0.25) is 5.02 Å². The Morgan fingerprint density at radius 2 is 1.83 bits per heavy atom. The number of ether oxygens (including phenoxy) is 3. The molecule has 0 radical (unpaired) electrons. The lowest BCUT2D eigenvalue weighted by atomic mass is 9.72. The van der Waals surface area contributed by atoms with Crippen LogP contribution in [0, 0.1) is 11.3 Å². The Labute approximate surface area is 255 Å². The van der Waals surface area contributed by atoms with Crippen LogP contribution in [-0.4, -0.2) is 18.9 Å². The number of thiophene rings is 1. The van der Waals surface area contributed by atoms with Crippen molar-refractivity contribution in [3.05, 3.63) is 98.9 Å². The van der Waals surface area contributed by atoms with Gasteiger partial charge in [-0.2, -0.15) is 0 Å². The summed E-state index contributed by atoms with van der Waals surface area (Å²) in [6, 6.07) is 20.8. The summed E-state index contributed by atoms with van der Waals surface area (Å²) in [4.78, 5) is 19.7. The van der Waals surface area contributed by atoms with E-state index >= 15 is 0 Å². The highest BCUT2D eigenvalue weighted by Gasteiger charge is 2.33. The molecule has 1 aliphatic carbocycles. The molecule has 8 heteroatoms. The van der Waals surface area contributed by atoms with Crippen LogP contribution in [0.5, 0.6) is 17.2 Å². The minimum Gasteiger partial charge on any atom is -0.489 e. The van der Waals surface area contributed by atoms with Crippen LogP contribution in [-0.2, 0) is 19.4 Å². The lowest BCUT2D eigenvalue weighted by Crippen LogP contribution is -2.27. The molecule has 1 N–H and O–H groups in total. The van der Waals surface area contributed by atoms with Crippen molar-refractivity contribution in [2.24, 2.45) is 16.3 Å². The molecule has 0 unspecified atom stereocenters. The van der Waals surface area contributed by atoms with Crippen molar-refractivity contribution in [3.63, 3.8) is 0 Å². The van der Waals surface area contributed by atoms with E-state index in [9.17, 15) is 4.79 Å². The normalized spacial score (nSPS) is 16.0. The van der Waals surface area contributed by atoms with Crippen LogP contribution in [0.1, 0.15) is 59.1 Å². The van der Waals surface area contributed by atoms with E-state index in [4.69, 9.17) is 30.8 Å². The maximum absolute atomic E-state index is 13.6. The first-order valence-corrected chi connectivity index (χ1v) is 15.3. The molecule has 42 heavy (non-hydrogen) atoms. The molecule has 1 aromatic heterocycles. The van der Waals surface area contributed by atoms with Crippen LogP contribution < -0.4 is 19.5 Å². The van der Waals surface area contributed by atoms with Gasteiger partial charge in [-0.3, -0.25) is 4.79 Å². The molecular weight excluding hydrogens is 568 g/mol. The number of fused-ring (bicyclic) bond motifs is 2. The van der Waals surface area contributed by atoms with Gasteiger partial charge in [0, 0.05) is 21.8 Å². The van der Waals surface area contributed by atoms with Crippen LogP contribution in [0.3, 0.4) is 0 Å². The molecule has 4 aromatic rings. The van der Waals surface area contributed by atoms with Crippen molar-refractivity contribution >= 4 is 45.7 Å². The Bertz CT molecular complexity index is 1620. The summed E-state index contributed by atoms with van der Waals surface area (Å²) in [7, 11) is 0. The molecule has 1 aliphatic heterocycles. The van der Waals surface area contributed by atoms with E-state index in [1.165, 1.54) is 4.88 Å². The number of nitrogens with zero attached hydrogens (tertiary/aromatic N) is 1. The average molecular weight is 601 g/mol. The molecule has 0 saturated carbocycles. The highest BCUT2D eigenvalue weighted by molar-refractivity contribution is 7.16. The largest absolute Gasteiger partial charge is 0.489 e. The number of hydrogen-bond donors (Lipinski definition) is 1. The molecule has 2 aliphatic rings. The average Bonchev–Trinajstić information content (AvgIpc) is 3.60. The highest BCUT2D eigenvalue weighted by atomic mass is 35.5. The Morgan fingerprint density at radius 3 is 2.60 bits per heavy atom. The van der Waals surface area contributed by atoms with E-state index < -0.39 is 0 Å². The number of rotatable bonds is 7. The zero-order valence-corrected chi connectivity index (χ0v) is 25.5. The number of hydrogen-bond acceptors (Lipinski definition) is 6. The van der Waals surface area contributed by atoms with Gasteiger partial charge in [0.2, 0.25) is 6.79 Å². The van der Waals surface area contributed by atoms with Crippen LogP contribution in [0.15, 0.2) is 71.7 Å². The number of anilines is 1. The fourth-order valence-electron chi connectivity index (χ4n) is 5.34. The number of aliphatic imine (C=N–C) groups is 1. The third-order valence-corrected chi connectivity index (χ3v) is 9.27. The first-order chi connectivity index (χ1) is 20.2. The van der Waals surface area contributed by atoms with Gasteiger partial charge < -0.3 is 19.5 Å². The SMILES string of the molecule is CC(C)(C)[C@H]1CCc2c(sc(N=Cc3ccc(OCc4ccc5c(c4)OCO5)cc3)c2C(=O)Nc2ccc(Cl)cc2)C1. The number of carbonyl (C=O) groups excluding carboxylic acids is 1. The monoisotopic (exact) mass is 600 g/mol. The predicted molar refractivity (Wildman–Crippen MR) is 169 cm³/mol. The van der Waals surface area contributed by atoms with Crippen molar-refractivity contribution in [2.75, 3.05) is 12.1 Å². The van der Waals surface area contributed by atoms with Crippen molar-refractivity contribution in [1.29, 1.82) is 0 Å². The summed E-state index contributed by atoms with van der Waals surface area (Å²) in [5.41, 5.74) is 4.66. The fraction of sp³-hybridized carbons (Fsp3) is 0.294. The molecule has 0 fully saturated rings. The van der Waals surface area contributed by atoms with Crippen molar-refractivity contribution in [2.45, 2.75) is 46.6 Å². The first kappa shape index (κ1) is 28.3. The molecule has 6 nitrogen and oxygen atoms in total. The second-order valence-electron chi connectivity index (χ2n) is 11.8. The molecule has 0 spiro atoms. The van der Waals surface area contributed by atoms with Crippen molar-refractivity contribution in [3.8, 4) is 17.2 Å². The van der Waals surface area contributed by atoms with Gasteiger partial charge in [-0.05, 0) is 108 Å². The second kappa shape index (κ2) is 11.8. The highest BCUT2D eigenvalue weighted by Crippen LogP contribution is 2.45. The van der Waals surface area contributed by atoms with Gasteiger partial charge in [-0.15, -0.1) is 11.3 Å². The smallest absolute Gasteiger partial charge is 0.259 e. The molecular formula is C34H33ClN2O4S. The summed E-state index contributed by atoms with van der Waals surface area (Å²) in [6.07, 6.45) is 4.72. The van der Waals surface area contributed by atoms with Gasteiger partial charge in [-0.1, -0.05) is 38.4 Å². The lowest BCUT2D eigenvalue weighted by molar-refractivity contribution is 0.102. The lowest BCUT2D eigenvalue weighted by Gasteiger charge is -2.33. The third-order valence-electron chi connectivity index (χ3n) is 7.85. The zero-order valence-electron chi connectivity index (χ0n) is 23.9. The van der Waals surface area contributed by atoms with Crippen LogP contribution in [0.4, 0.5) is 10.7 Å². The van der Waals surface area contributed by atoms with Gasteiger partial charge in [0.05, 0.1) is 5.56 Å². The summed E-state index contributed by atoms with van der Waals surface area (Å²) >= 11 is 7.68. The summed E-state index contributed by atoms with van der Waals surface area (Å²) in [5, 5.41) is 4.42. The fourth-order valence-corrected chi connectivity index (χ4v) is 6.74. The molecule has 1 amide bonds. The zero-order chi connectivity index (χ0) is 29.3. The van der Waals surface area contributed by atoms with E-state index in [1.54, 1.807) is 23.5 Å². The molecule has 3 aromatic carbocycles. The topological polar surface area (TPSA) is 69.1 Å². The molecule has 0 bridgehead atoms. The Balaban J connectivity index is 1.19. The quantitative estimate of drug-likeness (QED) is 0.215. The standard InChI is InChI=1S/C34H33ClN2O4S/c1-34(2,3)23-7-14-27-30(17-23)42-33(31(27)32(38)37-25-10-8-24(35)9-11-25)36-18-21-4-12-26(13-5-21)39-19-22-6-15-28-29(16-22)41-20-40-28/h4-6,8-13,15-16,18,23H,7,14,17,19-20H2,1-3H3,(H,37,38)/t23-/m0/s1. The maximum Gasteiger partial charge on any atom is 0.259 e. The van der Waals surface area contributed by atoms with E-state index in [0.717, 1.165) is 58.2 Å². The number of benzene rings is 3. The molecule has 0 saturated heterocycles. The Hall–Kier alpha value is -3.81. The molecule has 2 heterocycles. The minimum atomic E-state index is -0.136. The van der Waals surface area contributed by atoms with Gasteiger partial charge >= 0.3 is 0 Å². The van der Waals surface area contributed by atoms with Crippen LogP contribution in [0.25, 0.3) is 0 Å². The molecule has 1 atom stereocenters. The summed E-state index contributed by atoms with van der Waals surface area (Å²) in [5.74, 6) is 2.69. The number of amides is 1. The van der Waals surface area contributed by atoms with Crippen LogP contribution >= 0.6 is 22.9 Å². The minimum absolute atomic E-state index is 0.136. The second-order valence-corrected chi connectivity index (χ2v) is 13.3. The maximum atomic E-state index is 13.6. The van der Waals surface area contributed by atoms with Crippen molar-refractivity contribution in [1.82, 2.24) is 0 Å². The first-order valence-electron chi connectivity index (χ1n) is 14.1. The van der Waals surface area contributed by atoms with E-state index in [-0.39, 0.29) is 18.1 Å². The van der Waals surface area contributed by atoms with Gasteiger partial charge in [-0.25, -0.2) is 4.99 Å². The number of halogens is 1. The van der Waals surface area contributed by atoms with Gasteiger partial charge in [0.25, 0.3) is 5.91 Å². The Kier molecular flexibility index (Phi) is 7.97. The molecule has 216 valence electrons. The van der Waals surface area contributed by atoms with Gasteiger partial charge in [0.1, 0.15) is 17.4 Å². The summed E-state index contributed by atoms with van der Waals surface area (Å²) < 4.78 is 16.8. The van der Waals surface area contributed by atoms with E-state index in [0.29, 0.717) is 28.8 Å². The van der Waals surface area contributed by atoms with Gasteiger partial charge in [0.15, 0.2) is 11.5 Å². The number of nitrogens with one attached hydrogen (secondary N) is 1. The van der Waals surface area contributed by atoms with Crippen molar-refractivity contribution < 1.29 is 19.0 Å². The van der Waals surface area contributed by atoms with E-state index in [2.05, 4.69) is 26.1 Å². The summed E-state index contributed by atoms with van der Waals surface area (Å²) in [6.45, 7) is 7.57. The Morgan fingerprint density at radius 1 is 1.07 bits per heavy atom. The number of carbonyl (C=O) groups is 1. The predicted octanol–water partition coefficient (Wildman–Crippen LogP) is 8.86. The van der Waals surface area contributed by atoms with E-state index in [1.807, 2.05) is 60.8 Å². The third kappa shape index (κ3) is 6.32.